The third-order valence-corrected chi connectivity index (χ3v) is 4.02. The van der Waals surface area contributed by atoms with Crippen molar-refractivity contribution in [2.24, 2.45) is 0 Å². The average Bonchev–Trinajstić information content (AvgIpc) is 2.38. The Labute approximate surface area is 106 Å². The fraction of sp³-hybridized carbons (Fsp3) is 0.538. The summed E-state index contributed by atoms with van der Waals surface area (Å²) < 4.78 is 12.7. The van der Waals surface area contributed by atoms with Gasteiger partial charge in [-0.05, 0) is 24.1 Å². The lowest BCUT2D eigenvalue weighted by Crippen LogP contribution is -2.33. The summed E-state index contributed by atoms with van der Waals surface area (Å²) in [6.07, 6.45) is 0.237. The highest BCUT2D eigenvalue weighted by Crippen LogP contribution is 2.18. The Morgan fingerprint density at radius 3 is 2.53 bits per heavy atom. The molecule has 1 fully saturated rings. The highest BCUT2D eigenvalue weighted by molar-refractivity contribution is 7.99. The molecule has 1 saturated heterocycles. The summed E-state index contributed by atoms with van der Waals surface area (Å²) in [5, 5.41) is 9.99. The van der Waals surface area contributed by atoms with Crippen LogP contribution >= 0.6 is 11.8 Å². The Morgan fingerprint density at radius 1 is 1.24 bits per heavy atom. The summed E-state index contributed by atoms with van der Waals surface area (Å²) in [6.45, 7) is 3.14. The van der Waals surface area contributed by atoms with Gasteiger partial charge in [-0.1, -0.05) is 12.1 Å². The Bertz CT molecular complexity index is 338. The second-order valence-corrected chi connectivity index (χ2v) is 5.53. The molecule has 0 aliphatic carbocycles. The maximum Gasteiger partial charge on any atom is 0.123 e. The third kappa shape index (κ3) is 3.98. The van der Waals surface area contributed by atoms with E-state index in [1.165, 1.54) is 23.6 Å². The second kappa shape index (κ2) is 6.38. The molecule has 4 heteroatoms. The number of aliphatic hydroxyl groups excluding tert-OH is 1. The van der Waals surface area contributed by atoms with Crippen molar-refractivity contribution in [2.75, 3.05) is 31.1 Å². The minimum atomic E-state index is -0.481. The smallest absolute Gasteiger partial charge is 0.123 e. The fourth-order valence-corrected chi connectivity index (χ4v) is 2.96. The van der Waals surface area contributed by atoms with Crippen LogP contribution in [0.2, 0.25) is 0 Å². The zero-order valence-electron chi connectivity index (χ0n) is 9.81. The average molecular weight is 255 g/mol. The SMILES string of the molecule is OC(CCN1CCSCC1)c1ccc(F)cc1. The zero-order valence-corrected chi connectivity index (χ0v) is 10.6. The number of benzene rings is 1. The van der Waals surface area contributed by atoms with Gasteiger partial charge >= 0.3 is 0 Å². The van der Waals surface area contributed by atoms with Gasteiger partial charge in [-0.25, -0.2) is 4.39 Å². The van der Waals surface area contributed by atoms with Crippen LogP contribution in [0.4, 0.5) is 4.39 Å². The highest BCUT2D eigenvalue weighted by atomic mass is 32.2. The van der Waals surface area contributed by atoms with Crippen LogP contribution < -0.4 is 0 Å². The van der Waals surface area contributed by atoms with Gasteiger partial charge in [0.25, 0.3) is 0 Å². The summed E-state index contributed by atoms with van der Waals surface area (Å²) in [5.74, 6) is 2.12. The van der Waals surface area contributed by atoms with Gasteiger partial charge in [-0.15, -0.1) is 0 Å². The molecule has 1 aromatic carbocycles. The van der Waals surface area contributed by atoms with Crippen molar-refractivity contribution in [3.8, 4) is 0 Å². The topological polar surface area (TPSA) is 23.5 Å². The van der Waals surface area contributed by atoms with E-state index in [-0.39, 0.29) is 5.82 Å². The highest BCUT2D eigenvalue weighted by Gasteiger charge is 2.13. The predicted octanol–water partition coefficient (Wildman–Crippen LogP) is 2.30. The van der Waals surface area contributed by atoms with E-state index < -0.39 is 6.10 Å². The Morgan fingerprint density at radius 2 is 1.88 bits per heavy atom. The van der Waals surface area contributed by atoms with Gasteiger partial charge < -0.3 is 10.0 Å². The van der Waals surface area contributed by atoms with Crippen LogP contribution in [0.5, 0.6) is 0 Å². The molecule has 1 aliphatic heterocycles. The summed E-state index contributed by atoms with van der Waals surface area (Å²) in [5.41, 5.74) is 0.804. The van der Waals surface area contributed by atoms with E-state index >= 15 is 0 Å². The number of hydrogen-bond acceptors (Lipinski definition) is 3. The lowest BCUT2D eigenvalue weighted by molar-refractivity contribution is 0.145. The number of aliphatic hydroxyl groups is 1. The van der Waals surface area contributed by atoms with Crippen LogP contribution in [0.1, 0.15) is 18.1 Å². The summed E-state index contributed by atoms with van der Waals surface area (Å²) in [7, 11) is 0. The van der Waals surface area contributed by atoms with Crippen LogP contribution in [0, 0.1) is 5.82 Å². The van der Waals surface area contributed by atoms with Crippen molar-refractivity contribution >= 4 is 11.8 Å². The molecule has 2 nitrogen and oxygen atoms in total. The third-order valence-electron chi connectivity index (χ3n) is 3.08. The molecule has 0 bridgehead atoms. The van der Waals surface area contributed by atoms with Gasteiger partial charge in [0, 0.05) is 31.1 Å². The fourth-order valence-electron chi connectivity index (χ4n) is 1.98. The molecule has 0 amide bonds. The van der Waals surface area contributed by atoms with Crippen molar-refractivity contribution in [1.29, 1.82) is 0 Å². The van der Waals surface area contributed by atoms with Crippen molar-refractivity contribution < 1.29 is 9.50 Å². The van der Waals surface area contributed by atoms with Crippen LogP contribution in [-0.2, 0) is 0 Å². The van der Waals surface area contributed by atoms with Gasteiger partial charge in [0.2, 0.25) is 0 Å². The van der Waals surface area contributed by atoms with E-state index in [4.69, 9.17) is 0 Å². The van der Waals surface area contributed by atoms with E-state index in [2.05, 4.69) is 4.90 Å². The molecule has 0 saturated carbocycles. The van der Waals surface area contributed by atoms with Gasteiger partial charge in [-0.3, -0.25) is 0 Å². The van der Waals surface area contributed by atoms with Gasteiger partial charge in [0.05, 0.1) is 6.10 Å². The molecule has 94 valence electrons. The molecule has 1 aromatic rings. The predicted molar refractivity (Wildman–Crippen MR) is 69.7 cm³/mol. The normalized spacial score (nSPS) is 19.2. The van der Waals surface area contributed by atoms with E-state index in [9.17, 15) is 9.50 Å². The minimum absolute atomic E-state index is 0.256. The van der Waals surface area contributed by atoms with Gasteiger partial charge in [-0.2, -0.15) is 11.8 Å². The number of hydrogen-bond donors (Lipinski definition) is 1. The van der Waals surface area contributed by atoms with E-state index in [1.54, 1.807) is 12.1 Å². The number of nitrogens with zero attached hydrogens (tertiary/aromatic N) is 1. The van der Waals surface area contributed by atoms with E-state index in [1.807, 2.05) is 11.8 Å². The standard InChI is InChI=1S/C13H18FNOS/c14-12-3-1-11(2-4-12)13(16)5-6-15-7-9-17-10-8-15/h1-4,13,16H,5-10H2. The molecule has 0 radical (unpaired) electrons. The quantitative estimate of drug-likeness (QED) is 0.893. The first-order valence-electron chi connectivity index (χ1n) is 5.99. The Kier molecular flexibility index (Phi) is 4.83. The Hall–Kier alpha value is -0.580. The first kappa shape index (κ1) is 12.9. The summed E-state index contributed by atoms with van der Waals surface area (Å²) in [4.78, 5) is 2.38. The summed E-state index contributed by atoms with van der Waals surface area (Å²) in [6, 6.07) is 6.12. The van der Waals surface area contributed by atoms with Crippen LogP contribution in [0.25, 0.3) is 0 Å². The number of thioether (sulfide) groups is 1. The number of halogens is 1. The minimum Gasteiger partial charge on any atom is -0.388 e. The maximum atomic E-state index is 12.7. The monoisotopic (exact) mass is 255 g/mol. The van der Waals surface area contributed by atoms with Crippen molar-refractivity contribution in [3.05, 3.63) is 35.6 Å². The molecule has 0 aromatic heterocycles. The molecule has 2 rings (SSSR count). The van der Waals surface area contributed by atoms with Crippen molar-refractivity contribution in [1.82, 2.24) is 4.90 Å². The maximum absolute atomic E-state index is 12.7. The van der Waals surface area contributed by atoms with E-state index in [0.29, 0.717) is 0 Å². The van der Waals surface area contributed by atoms with Gasteiger partial charge in [0.1, 0.15) is 5.82 Å². The molecule has 1 unspecified atom stereocenters. The second-order valence-electron chi connectivity index (χ2n) is 4.31. The lowest BCUT2D eigenvalue weighted by Gasteiger charge is -2.27. The first-order valence-corrected chi connectivity index (χ1v) is 7.15. The van der Waals surface area contributed by atoms with Crippen molar-refractivity contribution in [2.45, 2.75) is 12.5 Å². The molecular formula is C13H18FNOS. The molecule has 1 heterocycles. The molecule has 1 atom stereocenters. The van der Waals surface area contributed by atoms with Crippen LogP contribution in [0.3, 0.4) is 0 Å². The lowest BCUT2D eigenvalue weighted by atomic mass is 10.1. The molecule has 0 spiro atoms. The zero-order chi connectivity index (χ0) is 12.1. The largest absolute Gasteiger partial charge is 0.388 e. The number of rotatable bonds is 4. The molecular weight excluding hydrogens is 237 g/mol. The summed E-state index contributed by atoms with van der Waals surface area (Å²) >= 11 is 1.99. The molecule has 1 N–H and O–H groups in total. The van der Waals surface area contributed by atoms with Crippen molar-refractivity contribution in [3.63, 3.8) is 0 Å². The Balaban J connectivity index is 1.80. The van der Waals surface area contributed by atoms with Gasteiger partial charge in [0.15, 0.2) is 0 Å². The molecule has 1 aliphatic rings. The van der Waals surface area contributed by atoms with Crippen LogP contribution in [-0.4, -0.2) is 41.1 Å². The van der Waals surface area contributed by atoms with Crippen LogP contribution in [0.15, 0.2) is 24.3 Å². The first-order chi connectivity index (χ1) is 8.25. The van der Waals surface area contributed by atoms with E-state index in [0.717, 1.165) is 31.6 Å². The molecule has 17 heavy (non-hydrogen) atoms.